The molecule has 0 aromatic rings. The molecule has 3 aliphatic rings. The highest BCUT2D eigenvalue weighted by Crippen LogP contribution is 2.54. The molecule has 1 aliphatic heterocycles. The van der Waals surface area contributed by atoms with E-state index in [-0.39, 0.29) is 17.9 Å². The van der Waals surface area contributed by atoms with E-state index in [2.05, 4.69) is 5.32 Å². The average Bonchev–Trinajstić information content (AvgIpc) is 2.77. The Morgan fingerprint density at radius 1 is 1.41 bits per heavy atom. The Morgan fingerprint density at radius 3 is 2.71 bits per heavy atom. The van der Waals surface area contributed by atoms with E-state index in [9.17, 15) is 9.90 Å². The minimum atomic E-state index is -0.864. The molecule has 0 spiro atoms. The van der Waals surface area contributed by atoms with Crippen LogP contribution in [0.3, 0.4) is 0 Å². The van der Waals surface area contributed by atoms with Crippen LogP contribution in [0.1, 0.15) is 32.6 Å². The Kier molecular flexibility index (Phi) is 2.67. The van der Waals surface area contributed by atoms with E-state index in [1.807, 2.05) is 6.92 Å². The van der Waals surface area contributed by atoms with Crippen LogP contribution in [0.4, 0.5) is 0 Å². The third kappa shape index (κ3) is 2.08. The molecule has 1 amide bonds. The van der Waals surface area contributed by atoms with Gasteiger partial charge in [-0.1, -0.05) is 0 Å². The molecular formula is C13H21NO3. The van der Waals surface area contributed by atoms with Crippen molar-refractivity contribution in [2.45, 2.75) is 44.3 Å². The van der Waals surface area contributed by atoms with E-state index in [1.54, 1.807) is 0 Å². The van der Waals surface area contributed by atoms with E-state index >= 15 is 0 Å². The van der Waals surface area contributed by atoms with Crippen LogP contribution in [0, 0.1) is 17.8 Å². The van der Waals surface area contributed by atoms with Crippen molar-refractivity contribution in [2.24, 2.45) is 17.8 Å². The number of hydrogen-bond acceptors (Lipinski definition) is 3. The van der Waals surface area contributed by atoms with E-state index in [1.165, 1.54) is 6.42 Å². The minimum absolute atomic E-state index is 0.129. The number of hydrogen-bond donors (Lipinski definition) is 2. The van der Waals surface area contributed by atoms with Crippen LogP contribution >= 0.6 is 0 Å². The number of ether oxygens (including phenoxy) is 1. The Morgan fingerprint density at radius 2 is 2.12 bits per heavy atom. The molecule has 4 nitrogen and oxygen atoms in total. The van der Waals surface area contributed by atoms with E-state index in [0.717, 1.165) is 24.7 Å². The lowest BCUT2D eigenvalue weighted by Gasteiger charge is -2.27. The molecule has 2 N–H and O–H groups in total. The summed E-state index contributed by atoms with van der Waals surface area (Å²) in [6.45, 7) is 2.78. The lowest BCUT2D eigenvalue weighted by atomic mass is 9.96. The van der Waals surface area contributed by atoms with Gasteiger partial charge in [0.2, 0.25) is 5.91 Å². The zero-order valence-electron chi connectivity index (χ0n) is 10.3. The first kappa shape index (κ1) is 11.5. The zero-order chi connectivity index (χ0) is 12.0. The fraction of sp³-hybridized carbons (Fsp3) is 0.923. The fourth-order valence-corrected chi connectivity index (χ4v) is 3.32. The highest BCUT2D eigenvalue weighted by molar-refractivity contribution is 5.79. The minimum Gasteiger partial charge on any atom is -0.385 e. The van der Waals surface area contributed by atoms with Gasteiger partial charge < -0.3 is 15.2 Å². The summed E-state index contributed by atoms with van der Waals surface area (Å²) in [6.07, 6.45) is 3.88. The molecule has 0 radical (unpaired) electrons. The highest BCUT2D eigenvalue weighted by Gasteiger charge is 2.48. The number of rotatable bonds is 3. The van der Waals surface area contributed by atoms with Crippen LogP contribution in [0.15, 0.2) is 0 Å². The molecule has 0 aromatic carbocycles. The number of fused-ring (bicyclic) bond motifs is 1. The second kappa shape index (κ2) is 3.95. The molecule has 0 bridgehead atoms. The van der Waals surface area contributed by atoms with Crippen molar-refractivity contribution in [3.05, 3.63) is 0 Å². The van der Waals surface area contributed by atoms with Gasteiger partial charge in [-0.2, -0.15) is 0 Å². The first-order valence-electron chi connectivity index (χ1n) is 6.70. The summed E-state index contributed by atoms with van der Waals surface area (Å²) >= 11 is 0. The Labute approximate surface area is 102 Å². The zero-order valence-corrected chi connectivity index (χ0v) is 10.3. The van der Waals surface area contributed by atoms with Crippen LogP contribution in [-0.2, 0) is 9.53 Å². The molecule has 3 rings (SSSR count). The van der Waals surface area contributed by atoms with Gasteiger partial charge in [-0.3, -0.25) is 4.79 Å². The maximum atomic E-state index is 12.0. The second-order valence-corrected chi connectivity index (χ2v) is 6.01. The van der Waals surface area contributed by atoms with Gasteiger partial charge in [0, 0.05) is 25.5 Å². The van der Waals surface area contributed by atoms with Crippen LogP contribution in [-0.4, -0.2) is 35.9 Å². The van der Waals surface area contributed by atoms with Gasteiger partial charge in [-0.05, 0) is 38.0 Å². The van der Waals surface area contributed by atoms with Crippen molar-refractivity contribution < 1.29 is 14.6 Å². The monoisotopic (exact) mass is 239 g/mol. The van der Waals surface area contributed by atoms with Crippen LogP contribution in [0.2, 0.25) is 0 Å². The highest BCUT2D eigenvalue weighted by atomic mass is 16.5. The number of amides is 1. The molecule has 1 saturated heterocycles. The molecule has 96 valence electrons. The molecule has 1 heterocycles. The Balaban J connectivity index is 1.48. The smallest absolute Gasteiger partial charge is 0.223 e. The normalized spacial score (nSPS) is 47.9. The van der Waals surface area contributed by atoms with Crippen molar-refractivity contribution in [1.29, 1.82) is 0 Å². The molecule has 17 heavy (non-hydrogen) atoms. The van der Waals surface area contributed by atoms with Crippen molar-refractivity contribution in [1.82, 2.24) is 5.32 Å². The van der Waals surface area contributed by atoms with Gasteiger partial charge in [0.05, 0.1) is 6.10 Å². The number of carbonyl (C=O) groups is 1. The summed E-state index contributed by atoms with van der Waals surface area (Å²) in [6, 6.07) is 0. The predicted molar refractivity (Wildman–Crippen MR) is 62.3 cm³/mol. The predicted octanol–water partition coefficient (Wildman–Crippen LogP) is 0.689. The fourth-order valence-electron chi connectivity index (χ4n) is 3.32. The summed E-state index contributed by atoms with van der Waals surface area (Å²) in [7, 11) is 0. The largest absolute Gasteiger partial charge is 0.385 e. The Bertz CT molecular complexity index is 323. The number of carbonyl (C=O) groups excluding carboxylic acids is 1. The van der Waals surface area contributed by atoms with Crippen molar-refractivity contribution in [3.63, 3.8) is 0 Å². The lowest BCUT2D eigenvalue weighted by Crippen LogP contribution is -2.48. The number of aliphatic hydroxyl groups is 1. The van der Waals surface area contributed by atoms with Crippen LogP contribution in [0.25, 0.3) is 0 Å². The molecule has 2 saturated carbocycles. The van der Waals surface area contributed by atoms with Gasteiger partial charge in [-0.15, -0.1) is 0 Å². The van der Waals surface area contributed by atoms with Gasteiger partial charge >= 0.3 is 0 Å². The molecule has 3 fully saturated rings. The van der Waals surface area contributed by atoms with Crippen molar-refractivity contribution in [2.75, 3.05) is 13.2 Å². The summed E-state index contributed by atoms with van der Waals surface area (Å²) < 4.78 is 5.35. The van der Waals surface area contributed by atoms with Gasteiger partial charge in [-0.25, -0.2) is 0 Å². The molecule has 4 heteroatoms. The number of nitrogens with one attached hydrogen (secondary N) is 1. The summed E-state index contributed by atoms with van der Waals surface area (Å²) in [5.41, 5.74) is -0.864. The third-order valence-corrected chi connectivity index (χ3v) is 4.84. The summed E-state index contributed by atoms with van der Waals surface area (Å²) in [4.78, 5) is 12.0. The maximum Gasteiger partial charge on any atom is 0.223 e. The second-order valence-electron chi connectivity index (χ2n) is 6.01. The quantitative estimate of drug-likeness (QED) is 0.762. The standard InChI is InChI=1S/C13H21NO3/c1-8-13(16,2-3-17-8)7-14-12(15)11-5-9-4-10(9)6-11/h8-11,16H,2-7H2,1H3,(H,14,15). The van der Waals surface area contributed by atoms with E-state index < -0.39 is 5.60 Å². The van der Waals surface area contributed by atoms with Crippen molar-refractivity contribution in [3.8, 4) is 0 Å². The molecular weight excluding hydrogens is 218 g/mol. The summed E-state index contributed by atoms with van der Waals surface area (Å²) in [5.74, 6) is 1.97. The SMILES string of the molecule is CC1OCCC1(O)CNC(=O)C1CC2CC2C1. The molecule has 4 atom stereocenters. The van der Waals surface area contributed by atoms with Gasteiger partial charge in [0.1, 0.15) is 5.60 Å². The van der Waals surface area contributed by atoms with Crippen LogP contribution < -0.4 is 5.32 Å². The van der Waals surface area contributed by atoms with Gasteiger partial charge in [0.25, 0.3) is 0 Å². The third-order valence-electron chi connectivity index (χ3n) is 4.84. The first-order valence-corrected chi connectivity index (χ1v) is 6.70. The van der Waals surface area contributed by atoms with Crippen LogP contribution in [0.5, 0.6) is 0 Å². The lowest BCUT2D eigenvalue weighted by molar-refractivity contribution is -0.127. The molecule has 0 aromatic heterocycles. The average molecular weight is 239 g/mol. The maximum absolute atomic E-state index is 12.0. The Hall–Kier alpha value is -0.610. The van der Waals surface area contributed by atoms with Gasteiger partial charge in [0.15, 0.2) is 0 Å². The van der Waals surface area contributed by atoms with Crippen molar-refractivity contribution >= 4 is 5.91 Å². The molecule has 4 unspecified atom stereocenters. The topological polar surface area (TPSA) is 58.6 Å². The summed E-state index contributed by atoms with van der Waals surface area (Å²) in [5, 5.41) is 13.2. The van der Waals surface area contributed by atoms with E-state index in [0.29, 0.717) is 19.6 Å². The molecule has 2 aliphatic carbocycles. The van der Waals surface area contributed by atoms with E-state index in [4.69, 9.17) is 4.74 Å². The first-order chi connectivity index (χ1) is 8.08.